The summed E-state index contributed by atoms with van der Waals surface area (Å²) in [4.78, 5) is 0. The maximum absolute atomic E-state index is 7.01. The third-order valence-corrected chi connectivity index (χ3v) is 11.6. The molecule has 2 atom stereocenters. The summed E-state index contributed by atoms with van der Waals surface area (Å²) in [7, 11) is -2.38. The lowest BCUT2D eigenvalue weighted by atomic mass is 10.0. The smallest absolute Gasteiger partial charge is 0.261 e. The molecule has 26 heavy (non-hydrogen) atoms. The van der Waals surface area contributed by atoms with Crippen LogP contribution in [-0.4, -0.2) is 19.4 Å². The molecule has 0 N–H and O–H groups in total. The molecule has 0 aliphatic heterocycles. The molecule has 3 heteroatoms. The van der Waals surface area contributed by atoms with Crippen LogP contribution in [0.1, 0.15) is 41.0 Å². The fourth-order valence-electron chi connectivity index (χ4n) is 3.85. The molecular formula is C23H33IOSi. The van der Waals surface area contributed by atoms with Crippen LogP contribution in [0, 0.1) is 11.8 Å². The molecule has 2 rings (SSSR count). The Balaban J connectivity index is 2.44. The molecule has 142 valence electrons. The Morgan fingerprint density at radius 1 is 0.846 bits per heavy atom. The summed E-state index contributed by atoms with van der Waals surface area (Å²) in [5, 5.41) is 2.80. The van der Waals surface area contributed by atoms with Crippen molar-refractivity contribution < 1.29 is 4.43 Å². The number of halogens is 1. The molecule has 0 radical (unpaired) electrons. The summed E-state index contributed by atoms with van der Waals surface area (Å²) in [6.07, 6.45) is 1.22. The van der Waals surface area contributed by atoms with Crippen molar-refractivity contribution in [2.75, 3.05) is 11.0 Å². The molecule has 1 nitrogen and oxygen atoms in total. The van der Waals surface area contributed by atoms with Gasteiger partial charge in [0.05, 0.1) is 0 Å². The molecule has 0 aliphatic rings. The van der Waals surface area contributed by atoms with Gasteiger partial charge in [-0.05, 0) is 33.7 Å². The van der Waals surface area contributed by atoms with Crippen LogP contribution in [0.2, 0.25) is 5.04 Å². The highest BCUT2D eigenvalue weighted by atomic mass is 127. The zero-order valence-electron chi connectivity index (χ0n) is 16.8. The summed E-state index contributed by atoms with van der Waals surface area (Å²) in [6, 6.07) is 21.9. The predicted octanol–water partition coefficient (Wildman–Crippen LogP) is 5.66. The Kier molecular flexibility index (Phi) is 7.92. The Morgan fingerprint density at radius 3 is 1.69 bits per heavy atom. The average molecular weight is 481 g/mol. The molecule has 0 aromatic heterocycles. The number of rotatable bonds is 8. The fourth-order valence-corrected chi connectivity index (χ4v) is 8.90. The van der Waals surface area contributed by atoms with Gasteiger partial charge >= 0.3 is 0 Å². The van der Waals surface area contributed by atoms with Gasteiger partial charge in [0.15, 0.2) is 0 Å². The van der Waals surface area contributed by atoms with Crippen LogP contribution < -0.4 is 10.4 Å². The Hall–Kier alpha value is -0.653. The van der Waals surface area contributed by atoms with E-state index in [2.05, 4.69) is 118 Å². The van der Waals surface area contributed by atoms with Crippen molar-refractivity contribution in [2.45, 2.75) is 46.1 Å². The van der Waals surface area contributed by atoms with Gasteiger partial charge in [0.2, 0.25) is 0 Å². The highest BCUT2D eigenvalue weighted by molar-refractivity contribution is 14.1. The second-order valence-electron chi connectivity index (χ2n) is 8.57. The van der Waals surface area contributed by atoms with E-state index in [0.29, 0.717) is 5.92 Å². The van der Waals surface area contributed by atoms with E-state index in [9.17, 15) is 0 Å². The summed E-state index contributed by atoms with van der Waals surface area (Å²) in [5.41, 5.74) is 0. The molecule has 0 unspecified atom stereocenters. The van der Waals surface area contributed by atoms with Crippen molar-refractivity contribution in [3.63, 3.8) is 0 Å². The summed E-state index contributed by atoms with van der Waals surface area (Å²) in [5.74, 6) is 1.31. The second kappa shape index (κ2) is 9.51. The molecule has 0 amide bonds. The minimum absolute atomic E-state index is 0.0598. The SMILES string of the molecule is C[C@H](CI)C[C@@H](C)CO[Si](c1ccccc1)(c1ccccc1)C(C)(C)C. The summed E-state index contributed by atoms with van der Waals surface area (Å²) >= 11 is 2.49. The first-order chi connectivity index (χ1) is 12.3. The molecule has 0 spiro atoms. The topological polar surface area (TPSA) is 9.23 Å². The largest absolute Gasteiger partial charge is 0.407 e. The van der Waals surface area contributed by atoms with Gasteiger partial charge in [0, 0.05) is 11.0 Å². The molecule has 0 fully saturated rings. The van der Waals surface area contributed by atoms with Crippen molar-refractivity contribution in [3.8, 4) is 0 Å². The number of hydrogen-bond donors (Lipinski definition) is 0. The normalized spacial score (nSPS) is 14.8. The Bertz CT molecular complexity index is 611. The third kappa shape index (κ3) is 4.99. The summed E-state index contributed by atoms with van der Waals surface area (Å²) in [6.45, 7) is 12.5. The maximum Gasteiger partial charge on any atom is 0.261 e. The molecule has 0 heterocycles. The lowest BCUT2D eigenvalue weighted by Gasteiger charge is -2.43. The average Bonchev–Trinajstić information content (AvgIpc) is 2.62. The quantitative estimate of drug-likeness (QED) is 0.269. The molecule has 2 aromatic rings. The Labute approximate surface area is 174 Å². The molecule has 0 aliphatic carbocycles. The standard InChI is InChI=1S/C23H33IOSi/c1-19(17-24)16-20(2)18-25-26(23(3,4)5,21-12-8-6-9-13-21)22-14-10-7-11-15-22/h6-15,19-20H,16-18H2,1-5H3/t19-,20+/m0/s1. The van der Waals surface area contributed by atoms with E-state index in [-0.39, 0.29) is 5.04 Å². The van der Waals surface area contributed by atoms with Gasteiger partial charge in [-0.3, -0.25) is 0 Å². The van der Waals surface area contributed by atoms with E-state index in [4.69, 9.17) is 4.43 Å². The van der Waals surface area contributed by atoms with Crippen LogP contribution in [0.3, 0.4) is 0 Å². The van der Waals surface area contributed by atoms with Gasteiger partial charge in [-0.15, -0.1) is 0 Å². The molecule has 0 saturated carbocycles. The van der Waals surface area contributed by atoms with E-state index in [1.54, 1.807) is 0 Å². The molecule has 2 aromatic carbocycles. The van der Waals surface area contributed by atoms with Crippen LogP contribution in [0.15, 0.2) is 60.7 Å². The first-order valence-corrected chi connectivity index (χ1v) is 13.1. The fraction of sp³-hybridized carbons (Fsp3) is 0.478. The monoisotopic (exact) mass is 480 g/mol. The van der Waals surface area contributed by atoms with Crippen molar-refractivity contribution in [2.24, 2.45) is 11.8 Å². The van der Waals surface area contributed by atoms with Gasteiger partial charge in [-0.25, -0.2) is 0 Å². The van der Waals surface area contributed by atoms with Gasteiger partial charge in [0.1, 0.15) is 0 Å². The lowest BCUT2D eigenvalue weighted by molar-refractivity contribution is 0.227. The minimum Gasteiger partial charge on any atom is -0.407 e. The molecule has 0 bridgehead atoms. The molecular weight excluding hydrogens is 447 g/mol. The highest BCUT2D eigenvalue weighted by Crippen LogP contribution is 2.37. The van der Waals surface area contributed by atoms with Crippen LogP contribution in [0.4, 0.5) is 0 Å². The molecule has 0 saturated heterocycles. The zero-order valence-corrected chi connectivity index (χ0v) is 20.0. The van der Waals surface area contributed by atoms with Gasteiger partial charge < -0.3 is 4.43 Å². The summed E-state index contributed by atoms with van der Waals surface area (Å²) < 4.78 is 8.22. The maximum atomic E-state index is 7.01. The van der Waals surface area contributed by atoms with Crippen LogP contribution in [0.5, 0.6) is 0 Å². The van der Waals surface area contributed by atoms with Gasteiger partial charge in [0.25, 0.3) is 8.32 Å². The van der Waals surface area contributed by atoms with E-state index in [1.807, 2.05) is 0 Å². The van der Waals surface area contributed by atoms with Crippen LogP contribution >= 0.6 is 22.6 Å². The first kappa shape index (κ1) is 21.6. The number of hydrogen-bond acceptors (Lipinski definition) is 1. The van der Waals surface area contributed by atoms with E-state index >= 15 is 0 Å². The van der Waals surface area contributed by atoms with Crippen molar-refractivity contribution >= 4 is 41.3 Å². The van der Waals surface area contributed by atoms with E-state index in [1.165, 1.54) is 21.2 Å². The Morgan fingerprint density at radius 2 is 1.31 bits per heavy atom. The van der Waals surface area contributed by atoms with E-state index < -0.39 is 8.32 Å². The van der Waals surface area contributed by atoms with Crippen molar-refractivity contribution in [3.05, 3.63) is 60.7 Å². The highest BCUT2D eigenvalue weighted by Gasteiger charge is 2.50. The van der Waals surface area contributed by atoms with E-state index in [0.717, 1.165) is 12.5 Å². The van der Waals surface area contributed by atoms with Crippen LogP contribution in [0.25, 0.3) is 0 Å². The third-order valence-electron chi connectivity index (χ3n) is 5.07. The lowest BCUT2D eigenvalue weighted by Crippen LogP contribution is -2.66. The second-order valence-corrected chi connectivity index (χ2v) is 13.8. The van der Waals surface area contributed by atoms with Crippen LogP contribution in [-0.2, 0) is 4.43 Å². The van der Waals surface area contributed by atoms with Gasteiger partial charge in [-0.1, -0.05) is 118 Å². The number of alkyl halides is 1. The van der Waals surface area contributed by atoms with Crippen molar-refractivity contribution in [1.82, 2.24) is 0 Å². The van der Waals surface area contributed by atoms with Gasteiger partial charge in [-0.2, -0.15) is 0 Å². The zero-order chi connectivity index (χ0) is 19.2. The predicted molar refractivity (Wildman–Crippen MR) is 125 cm³/mol. The minimum atomic E-state index is -2.38. The van der Waals surface area contributed by atoms with Crippen molar-refractivity contribution in [1.29, 1.82) is 0 Å². The first-order valence-electron chi connectivity index (χ1n) is 9.62. The number of benzene rings is 2.